The maximum atomic E-state index is 13.5. The molecule has 1 aliphatic rings. The molecule has 1 aromatic rings. The summed E-state index contributed by atoms with van der Waals surface area (Å²) in [4.78, 5) is 7.70. The molecule has 1 N–H and O–H groups in total. The van der Waals surface area contributed by atoms with E-state index in [1.165, 1.54) is 19.2 Å². The fourth-order valence-electron chi connectivity index (χ4n) is 1.68. The van der Waals surface area contributed by atoms with Crippen molar-refractivity contribution in [3.8, 4) is 0 Å². The molecule has 0 atom stereocenters. The molecule has 0 aliphatic heterocycles. The van der Waals surface area contributed by atoms with Crippen LogP contribution in [0.4, 0.5) is 10.2 Å². The number of halogens is 1. The summed E-state index contributed by atoms with van der Waals surface area (Å²) in [6.07, 6.45) is 5.02. The number of hydrogen-bond donors (Lipinski definition) is 1. The van der Waals surface area contributed by atoms with E-state index in [2.05, 4.69) is 22.2 Å². The summed E-state index contributed by atoms with van der Waals surface area (Å²) in [5, 5.41) is 3.08. The van der Waals surface area contributed by atoms with Crippen LogP contribution in [-0.2, 0) is 0 Å². The first kappa shape index (κ1) is 10.3. The lowest BCUT2D eigenvalue weighted by Crippen LogP contribution is -2.16. The van der Waals surface area contributed by atoms with Gasteiger partial charge < -0.3 is 5.32 Å². The van der Waals surface area contributed by atoms with E-state index >= 15 is 0 Å². The molecule has 1 aromatic heterocycles. The lowest BCUT2D eigenvalue weighted by atomic mass is 10.0. The number of rotatable bonds is 4. The van der Waals surface area contributed by atoms with Crippen LogP contribution in [0.5, 0.6) is 0 Å². The van der Waals surface area contributed by atoms with Crippen LogP contribution in [0, 0.1) is 18.2 Å². The van der Waals surface area contributed by atoms with Crippen LogP contribution >= 0.6 is 0 Å². The van der Waals surface area contributed by atoms with Gasteiger partial charge in [0, 0.05) is 6.54 Å². The Kier molecular flexibility index (Phi) is 2.59. The van der Waals surface area contributed by atoms with Crippen LogP contribution in [-0.4, -0.2) is 16.5 Å². The standard InChI is InChI=1S/C11H16FN3/c1-3-11(4-5-11)6-13-10-9(12)8(2)14-7-15-10/h7H,3-6H2,1-2H3,(H,13,14,15). The highest BCUT2D eigenvalue weighted by molar-refractivity contribution is 5.37. The van der Waals surface area contributed by atoms with Gasteiger partial charge in [-0.05, 0) is 31.6 Å². The molecule has 0 saturated heterocycles. The Morgan fingerprint density at radius 3 is 2.80 bits per heavy atom. The molecule has 0 amide bonds. The molecule has 15 heavy (non-hydrogen) atoms. The van der Waals surface area contributed by atoms with Gasteiger partial charge in [-0.25, -0.2) is 14.4 Å². The third-order valence-electron chi connectivity index (χ3n) is 3.30. The summed E-state index contributed by atoms with van der Waals surface area (Å²) in [5.41, 5.74) is 0.791. The van der Waals surface area contributed by atoms with Crippen LogP contribution in [0.15, 0.2) is 6.33 Å². The summed E-state index contributed by atoms with van der Waals surface area (Å²) >= 11 is 0. The smallest absolute Gasteiger partial charge is 0.186 e. The maximum Gasteiger partial charge on any atom is 0.186 e. The SMILES string of the molecule is CCC1(CNc2ncnc(C)c2F)CC1. The molecule has 0 radical (unpaired) electrons. The molecule has 1 saturated carbocycles. The van der Waals surface area contributed by atoms with Crippen molar-refractivity contribution in [2.24, 2.45) is 5.41 Å². The molecule has 2 rings (SSSR count). The van der Waals surface area contributed by atoms with Crippen LogP contribution in [0.1, 0.15) is 31.9 Å². The number of nitrogens with one attached hydrogen (secondary N) is 1. The van der Waals surface area contributed by atoms with Gasteiger partial charge in [-0.1, -0.05) is 6.92 Å². The molecule has 4 heteroatoms. The number of hydrogen-bond acceptors (Lipinski definition) is 3. The second-order valence-electron chi connectivity index (χ2n) is 4.33. The summed E-state index contributed by atoms with van der Waals surface area (Å²) in [6, 6.07) is 0. The van der Waals surface area contributed by atoms with Gasteiger partial charge in [0.25, 0.3) is 0 Å². The zero-order valence-electron chi connectivity index (χ0n) is 9.18. The van der Waals surface area contributed by atoms with E-state index in [9.17, 15) is 4.39 Å². The molecule has 1 fully saturated rings. The Labute approximate surface area is 89.1 Å². The molecule has 0 bridgehead atoms. The zero-order chi connectivity index (χ0) is 10.9. The van der Waals surface area contributed by atoms with Crippen LogP contribution in [0.3, 0.4) is 0 Å². The Hall–Kier alpha value is -1.19. The Morgan fingerprint density at radius 2 is 2.20 bits per heavy atom. The first-order valence-electron chi connectivity index (χ1n) is 5.38. The minimum Gasteiger partial charge on any atom is -0.367 e. The molecular formula is C11H16FN3. The summed E-state index contributed by atoms with van der Waals surface area (Å²) in [7, 11) is 0. The average molecular weight is 209 g/mol. The van der Waals surface area contributed by atoms with E-state index in [1.54, 1.807) is 6.92 Å². The Morgan fingerprint density at radius 1 is 1.47 bits per heavy atom. The van der Waals surface area contributed by atoms with Gasteiger partial charge in [0.15, 0.2) is 11.6 Å². The minimum atomic E-state index is -0.329. The Balaban J connectivity index is 2.02. The molecule has 0 aromatic carbocycles. The first-order chi connectivity index (χ1) is 7.17. The molecule has 1 heterocycles. The second-order valence-corrected chi connectivity index (χ2v) is 4.33. The third kappa shape index (κ3) is 2.08. The van der Waals surface area contributed by atoms with E-state index < -0.39 is 0 Å². The lowest BCUT2D eigenvalue weighted by Gasteiger charge is -2.14. The van der Waals surface area contributed by atoms with Gasteiger partial charge in [0.05, 0.1) is 5.69 Å². The average Bonchev–Trinajstić information content (AvgIpc) is 3.01. The summed E-state index contributed by atoms with van der Waals surface area (Å²) < 4.78 is 13.5. The van der Waals surface area contributed by atoms with Crippen molar-refractivity contribution in [2.45, 2.75) is 33.1 Å². The van der Waals surface area contributed by atoms with Crippen molar-refractivity contribution in [1.29, 1.82) is 0 Å². The van der Waals surface area contributed by atoms with Gasteiger partial charge in [-0.15, -0.1) is 0 Å². The Bertz CT molecular complexity index is 361. The fourth-order valence-corrected chi connectivity index (χ4v) is 1.68. The number of nitrogens with zero attached hydrogens (tertiary/aromatic N) is 2. The van der Waals surface area contributed by atoms with Gasteiger partial charge >= 0.3 is 0 Å². The fraction of sp³-hybridized carbons (Fsp3) is 0.636. The summed E-state index contributed by atoms with van der Waals surface area (Å²) in [5.74, 6) is 0.00614. The van der Waals surface area contributed by atoms with Gasteiger partial charge in [-0.3, -0.25) is 0 Å². The quantitative estimate of drug-likeness (QED) is 0.828. The van der Waals surface area contributed by atoms with Crippen molar-refractivity contribution in [3.05, 3.63) is 17.8 Å². The largest absolute Gasteiger partial charge is 0.367 e. The topological polar surface area (TPSA) is 37.8 Å². The first-order valence-corrected chi connectivity index (χ1v) is 5.38. The molecule has 1 aliphatic carbocycles. The van der Waals surface area contributed by atoms with E-state index in [0.29, 0.717) is 16.9 Å². The molecule has 0 unspecified atom stereocenters. The van der Waals surface area contributed by atoms with E-state index in [4.69, 9.17) is 0 Å². The minimum absolute atomic E-state index is 0.329. The predicted octanol–water partition coefficient (Wildman–Crippen LogP) is 2.53. The van der Waals surface area contributed by atoms with Crippen molar-refractivity contribution in [3.63, 3.8) is 0 Å². The lowest BCUT2D eigenvalue weighted by molar-refractivity contribution is 0.516. The van der Waals surface area contributed by atoms with Crippen molar-refractivity contribution >= 4 is 5.82 Å². The van der Waals surface area contributed by atoms with Crippen molar-refractivity contribution < 1.29 is 4.39 Å². The highest BCUT2D eigenvalue weighted by atomic mass is 19.1. The normalized spacial score (nSPS) is 17.5. The molecular weight excluding hydrogens is 193 g/mol. The highest BCUT2D eigenvalue weighted by Gasteiger charge is 2.40. The van der Waals surface area contributed by atoms with E-state index in [0.717, 1.165) is 13.0 Å². The van der Waals surface area contributed by atoms with E-state index in [1.807, 2.05) is 0 Å². The van der Waals surface area contributed by atoms with Gasteiger partial charge in [-0.2, -0.15) is 0 Å². The number of anilines is 1. The van der Waals surface area contributed by atoms with Crippen LogP contribution < -0.4 is 5.32 Å². The third-order valence-corrected chi connectivity index (χ3v) is 3.30. The zero-order valence-corrected chi connectivity index (χ0v) is 9.18. The molecule has 3 nitrogen and oxygen atoms in total. The predicted molar refractivity (Wildman–Crippen MR) is 57.2 cm³/mol. The van der Waals surface area contributed by atoms with Crippen LogP contribution in [0.25, 0.3) is 0 Å². The number of aromatic nitrogens is 2. The monoisotopic (exact) mass is 209 g/mol. The van der Waals surface area contributed by atoms with Crippen molar-refractivity contribution in [1.82, 2.24) is 9.97 Å². The van der Waals surface area contributed by atoms with Gasteiger partial charge in [0.2, 0.25) is 0 Å². The van der Waals surface area contributed by atoms with Gasteiger partial charge in [0.1, 0.15) is 6.33 Å². The highest BCUT2D eigenvalue weighted by Crippen LogP contribution is 2.48. The second kappa shape index (κ2) is 3.76. The molecule has 82 valence electrons. The molecule has 0 spiro atoms. The van der Waals surface area contributed by atoms with Crippen LogP contribution in [0.2, 0.25) is 0 Å². The van der Waals surface area contributed by atoms with E-state index in [-0.39, 0.29) is 5.82 Å². The van der Waals surface area contributed by atoms with Crippen molar-refractivity contribution in [2.75, 3.05) is 11.9 Å². The maximum absolute atomic E-state index is 13.5. The number of aryl methyl sites for hydroxylation is 1. The summed E-state index contributed by atoms with van der Waals surface area (Å²) in [6.45, 7) is 4.64.